The number of aliphatic hydroxyl groups is 1. The van der Waals surface area contributed by atoms with Gasteiger partial charge in [-0.15, -0.1) is 0 Å². The first-order valence-electron chi connectivity index (χ1n) is 11.5. The lowest BCUT2D eigenvalue weighted by Gasteiger charge is -2.26. The van der Waals surface area contributed by atoms with Gasteiger partial charge in [0.05, 0.1) is 29.7 Å². The van der Waals surface area contributed by atoms with Crippen LogP contribution in [0.15, 0.2) is 30.5 Å². The van der Waals surface area contributed by atoms with Crippen LogP contribution < -0.4 is 15.4 Å². The maximum atomic E-state index is 12.6. The summed E-state index contributed by atoms with van der Waals surface area (Å²) in [5.41, 5.74) is 2.27. The van der Waals surface area contributed by atoms with Crippen molar-refractivity contribution in [1.29, 1.82) is 0 Å². The molecule has 1 atom stereocenters. The second-order valence-corrected chi connectivity index (χ2v) is 9.14. The lowest BCUT2D eigenvalue weighted by Crippen LogP contribution is -2.32. The molecule has 4 N–H and O–H groups in total. The molecule has 184 valence electrons. The molecule has 0 spiro atoms. The summed E-state index contributed by atoms with van der Waals surface area (Å²) in [5.74, 6) is 0.185. The number of methoxy groups -OCH3 is 1. The van der Waals surface area contributed by atoms with E-state index in [0.717, 1.165) is 24.0 Å². The van der Waals surface area contributed by atoms with Gasteiger partial charge < -0.3 is 25.6 Å². The Labute approximate surface area is 204 Å². The van der Waals surface area contributed by atoms with E-state index in [9.17, 15) is 14.7 Å². The molecule has 0 bridgehead atoms. The van der Waals surface area contributed by atoms with E-state index < -0.39 is 5.97 Å². The molecule has 1 heterocycles. The Balaban J connectivity index is 1.60. The summed E-state index contributed by atoms with van der Waals surface area (Å²) in [6.45, 7) is 2.52. The number of carbonyl (C=O) groups excluding carboxylic acids is 1. The van der Waals surface area contributed by atoms with E-state index in [1.165, 1.54) is 6.20 Å². The number of carboxylic acid groups (broad SMARTS) is 1. The van der Waals surface area contributed by atoms with Gasteiger partial charge in [0.25, 0.3) is 5.91 Å². The van der Waals surface area contributed by atoms with Crippen LogP contribution in [-0.2, 0) is 11.2 Å². The summed E-state index contributed by atoms with van der Waals surface area (Å²) < 4.78 is 5.47. The predicted molar refractivity (Wildman–Crippen MR) is 130 cm³/mol. The van der Waals surface area contributed by atoms with Crippen molar-refractivity contribution in [2.24, 2.45) is 11.8 Å². The van der Waals surface area contributed by atoms with Gasteiger partial charge in [-0.2, -0.15) is 0 Å². The van der Waals surface area contributed by atoms with Crippen LogP contribution in [0, 0.1) is 11.8 Å². The van der Waals surface area contributed by atoms with Gasteiger partial charge in [-0.05, 0) is 68.7 Å². The number of amides is 1. The molecule has 8 nitrogen and oxygen atoms in total. The van der Waals surface area contributed by atoms with Gasteiger partial charge >= 0.3 is 5.97 Å². The van der Waals surface area contributed by atoms with Crippen LogP contribution >= 0.6 is 11.6 Å². The highest BCUT2D eigenvalue weighted by molar-refractivity contribution is 6.33. The topological polar surface area (TPSA) is 121 Å². The Kier molecular flexibility index (Phi) is 9.12. The molecule has 1 aliphatic rings. The molecule has 1 aromatic heterocycles. The molecule has 0 radical (unpaired) electrons. The molecule has 9 heteroatoms. The molecule has 1 aromatic carbocycles. The van der Waals surface area contributed by atoms with Crippen LogP contribution in [0.1, 0.15) is 60.1 Å². The maximum Gasteiger partial charge on any atom is 0.306 e. The van der Waals surface area contributed by atoms with Crippen LogP contribution in [0.25, 0.3) is 0 Å². The molecule has 0 saturated heterocycles. The number of hydrogen-bond donors (Lipinski definition) is 4. The number of hydrogen-bond acceptors (Lipinski definition) is 6. The first-order valence-corrected chi connectivity index (χ1v) is 11.9. The quantitative estimate of drug-likeness (QED) is 0.397. The van der Waals surface area contributed by atoms with Crippen molar-refractivity contribution in [2.45, 2.75) is 45.1 Å². The molecule has 1 unspecified atom stereocenters. The molecule has 3 rings (SSSR count). The van der Waals surface area contributed by atoms with Gasteiger partial charge in [-0.1, -0.05) is 17.7 Å². The monoisotopic (exact) mass is 489 g/mol. The third-order valence-electron chi connectivity index (χ3n) is 6.36. The summed E-state index contributed by atoms with van der Waals surface area (Å²) in [4.78, 5) is 28.0. The molecule has 1 fully saturated rings. The Morgan fingerprint density at radius 3 is 2.59 bits per heavy atom. The van der Waals surface area contributed by atoms with E-state index in [1.54, 1.807) is 13.2 Å². The van der Waals surface area contributed by atoms with Gasteiger partial charge in [-0.3, -0.25) is 9.59 Å². The minimum absolute atomic E-state index is 0.0636. The van der Waals surface area contributed by atoms with Crippen molar-refractivity contribution in [3.8, 4) is 5.75 Å². The fourth-order valence-corrected chi connectivity index (χ4v) is 4.53. The third-order valence-corrected chi connectivity index (χ3v) is 6.65. The Hall–Kier alpha value is -2.84. The number of carboxylic acids is 1. The van der Waals surface area contributed by atoms with E-state index in [1.807, 2.05) is 25.1 Å². The second-order valence-electron chi connectivity index (χ2n) is 8.74. The van der Waals surface area contributed by atoms with Gasteiger partial charge in [0.1, 0.15) is 11.6 Å². The summed E-state index contributed by atoms with van der Waals surface area (Å²) in [6, 6.07) is 7.17. The first kappa shape index (κ1) is 25.8. The van der Waals surface area contributed by atoms with Crippen LogP contribution in [0.4, 0.5) is 5.82 Å². The zero-order valence-electron chi connectivity index (χ0n) is 19.5. The van der Waals surface area contributed by atoms with Crippen molar-refractivity contribution < 1.29 is 24.5 Å². The van der Waals surface area contributed by atoms with E-state index in [0.29, 0.717) is 48.0 Å². The van der Waals surface area contributed by atoms with Gasteiger partial charge in [0.15, 0.2) is 0 Å². The molecule has 1 saturated carbocycles. The number of rotatable bonds is 10. The van der Waals surface area contributed by atoms with Crippen molar-refractivity contribution in [1.82, 2.24) is 10.3 Å². The minimum atomic E-state index is -0.734. The number of carbonyl (C=O) groups is 2. The zero-order valence-corrected chi connectivity index (χ0v) is 20.3. The highest BCUT2D eigenvalue weighted by Gasteiger charge is 2.26. The van der Waals surface area contributed by atoms with Crippen molar-refractivity contribution in [3.63, 3.8) is 0 Å². The minimum Gasteiger partial charge on any atom is -0.496 e. The fraction of sp³-hybridized carbons (Fsp3) is 0.480. The predicted octanol–water partition coefficient (Wildman–Crippen LogP) is 4.07. The summed E-state index contributed by atoms with van der Waals surface area (Å²) >= 11 is 6.43. The van der Waals surface area contributed by atoms with E-state index >= 15 is 0 Å². The summed E-state index contributed by atoms with van der Waals surface area (Å²) in [5, 5.41) is 24.9. The summed E-state index contributed by atoms with van der Waals surface area (Å²) in [7, 11) is 1.60. The average molecular weight is 490 g/mol. The van der Waals surface area contributed by atoms with E-state index in [-0.39, 0.29) is 30.4 Å². The Morgan fingerprint density at radius 2 is 1.97 bits per heavy atom. The van der Waals surface area contributed by atoms with Crippen molar-refractivity contribution >= 4 is 29.3 Å². The number of benzene rings is 1. The number of aliphatic hydroxyl groups excluding tert-OH is 1. The average Bonchev–Trinajstić information content (AvgIpc) is 2.84. The lowest BCUT2D eigenvalue weighted by molar-refractivity contribution is -0.143. The number of nitrogens with zero attached hydrogens (tertiary/aromatic N) is 1. The van der Waals surface area contributed by atoms with Gasteiger partial charge in [0.2, 0.25) is 0 Å². The lowest BCUT2D eigenvalue weighted by atomic mass is 9.82. The zero-order chi connectivity index (χ0) is 24.7. The van der Waals surface area contributed by atoms with Crippen LogP contribution in [0.3, 0.4) is 0 Å². The standard InChI is InChI=1S/C25H32ClN3O5/c1-15(20-11-16(9-10-30)5-8-22(20)34-2)29-23-21(26)12-19(14-27-23)24(31)28-13-17-3-6-18(7-4-17)25(32)33/h5,8,11-12,14-15,17-18,30H,3-4,6-7,9-10,13H2,1-2H3,(H,27,29)(H,28,31)(H,32,33)/t15?,17-,18-. The Morgan fingerprint density at radius 1 is 1.24 bits per heavy atom. The second kappa shape index (κ2) is 12.0. The molecular formula is C25H32ClN3O5. The number of pyridine rings is 1. The molecule has 2 aromatic rings. The third kappa shape index (κ3) is 6.61. The number of aromatic nitrogens is 1. The van der Waals surface area contributed by atoms with Crippen LogP contribution in [0.5, 0.6) is 5.75 Å². The molecule has 1 amide bonds. The highest BCUT2D eigenvalue weighted by atomic mass is 35.5. The molecule has 34 heavy (non-hydrogen) atoms. The molecule has 1 aliphatic carbocycles. The number of nitrogens with one attached hydrogen (secondary N) is 2. The largest absolute Gasteiger partial charge is 0.496 e. The van der Waals surface area contributed by atoms with Gasteiger partial charge in [0, 0.05) is 24.9 Å². The number of halogens is 1. The fourth-order valence-electron chi connectivity index (χ4n) is 4.31. The van der Waals surface area contributed by atoms with Crippen LogP contribution in [-0.4, -0.2) is 47.3 Å². The van der Waals surface area contributed by atoms with Crippen molar-refractivity contribution in [2.75, 3.05) is 25.6 Å². The number of anilines is 1. The van der Waals surface area contributed by atoms with E-state index in [4.69, 9.17) is 21.4 Å². The molecule has 0 aliphatic heterocycles. The number of aliphatic carboxylic acids is 1. The molecular weight excluding hydrogens is 458 g/mol. The first-order chi connectivity index (χ1) is 16.3. The van der Waals surface area contributed by atoms with Gasteiger partial charge in [-0.25, -0.2) is 4.98 Å². The SMILES string of the molecule is COc1ccc(CCO)cc1C(C)Nc1ncc(C(=O)NC[C@H]2CC[C@H](C(=O)O)CC2)cc1Cl. The van der Waals surface area contributed by atoms with E-state index in [2.05, 4.69) is 15.6 Å². The number of ether oxygens (including phenoxy) is 1. The summed E-state index contributed by atoms with van der Waals surface area (Å²) in [6.07, 6.45) is 4.91. The highest BCUT2D eigenvalue weighted by Crippen LogP contribution is 2.31. The normalized spacial score (nSPS) is 18.7. The Bertz CT molecular complexity index is 1010. The van der Waals surface area contributed by atoms with Crippen molar-refractivity contribution in [3.05, 3.63) is 52.2 Å². The smallest absolute Gasteiger partial charge is 0.306 e. The maximum absolute atomic E-state index is 12.6. The van der Waals surface area contributed by atoms with Crippen LogP contribution in [0.2, 0.25) is 5.02 Å².